The largest absolute Gasteiger partial charge is 0.493 e. The van der Waals surface area contributed by atoms with Gasteiger partial charge in [-0.3, -0.25) is 9.59 Å². The van der Waals surface area contributed by atoms with E-state index < -0.39 is 53.6 Å². The quantitative estimate of drug-likeness (QED) is 0.439. The Kier molecular flexibility index (Phi) is 5.77. The molecule has 2 bridgehead atoms. The van der Waals surface area contributed by atoms with Gasteiger partial charge in [0.1, 0.15) is 11.8 Å². The van der Waals surface area contributed by atoms with Gasteiger partial charge in [0.25, 0.3) is 0 Å². The molecule has 2 aliphatic carbocycles. The fourth-order valence-corrected chi connectivity index (χ4v) is 6.37. The van der Waals surface area contributed by atoms with Crippen LogP contribution >= 0.6 is 0 Å². The lowest BCUT2D eigenvalue weighted by Crippen LogP contribution is -2.74. The molecule has 0 saturated carbocycles. The van der Waals surface area contributed by atoms with E-state index >= 15 is 0 Å². The van der Waals surface area contributed by atoms with Crippen molar-refractivity contribution >= 4 is 17.9 Å². The summed E-state index contributed by atoms with van der Waals surface area (Å²) in [6.07, 6.45) is 0.419. The molecular formula is C25H30N2O9. The van der Waals surface area contributed by atoms with Crippen LogP contribution in [0.1, 0.15) is 37.3 Å². The molecule has 1 fully saturated rings. The Hall–Kier alpha value is -3.15. The van der Waals surface area contributed by atoms with Gasteiger partial charge in [-0.1, -0.05) is 6.07 Å². The number of nitrogens with zero attached hydrogens (tertiary/aromatic N) is 1. The number of hydrogen-bond acceptors (Lipinski definition) is 10. The van der Waals surface area contributed by atoms with E-state index in [1.165, 1.54) is 6.92 Å². The van der Waals surface area contributed by atoms with Crippen LogP contribution in [0.4, 0.5) is 0 Å². The first-order valence-corrected chi connectivity index (χ1v) is 11.9. The maximum absolute atomic E-state index is 12.9. The number of hydrogen-bond donors (Lipinski definition) is 3. The standard InChI is InChI=1S/C25H30N2O9/c1-12(34-23(31)14(26)11-18(28)29)22(30)35-16-6-7-25(32)17-10-13-4-5-15(33-3)20-19(13)24(25,21(16)36-20)8-9-27(17)2/h4-6,12,14,17,21,32H,7-11,26H2,1-3H3,(H,28,29)/t12-,14?,17+,21-,24-,25+/m0/s1. The molecule has 6 atom stereocenters. The van der Waals surface area contributed by atoms with Crippen LogP contribution < -0.4 is 15.2 Å². The van der Waals surface area contributed by atoms with E-state index in [1.54, 1.807) is 13.2 Å². The van der Waals surface area contributed by atoms with Crippen LogP contribution in [0.15, 0.2) is 24.0 Å². The van der Waals surface area contributed by atoms with E-state index in [4.69, 9.17) is 29.8 Å². The van der Waals surface area contributed by atoms with Gasteiger partial charge < -0.3 is 39.8 Å². The molecule has 1 saturated heterocycles. The van der Waals surface area contributed by atoms with Crippen LogP contribution in [0.3, 0.4) is 0 Å². The molecule has 2 heterocycles. The molecule has 1 aromatic rings. The summed E-state index contributed by atoms with van der Waals surface area (Å²) in [5.74, 6) is -1.81. The highest BCUT2D eigenvalue weighted by Crippen LogP contribution is 2.65. The number of carboxylic acid groups (broad SMARTS) is 1. The lowest BCUT2D eigenvalue weighted by molar-refractivity contribution is -0.176. The van der Waals surface area contributed by atoms with Crippen molar-refractivity contribution in [1.29, 1.82) is 0 Å². The van der Waals surface area contributed by atoms with Crippen LogP contribution in [0.2, 0.25) is 0 Å². The Labute approximate surface area is 207 Å². The van der Waals surface area contributed by atoms with Crippen molar-refractivity contribution < 1.29 is 43.5 Å². The number of esters is 2. The lowest BCUT2D eigenvalue weighted by atomic mass is 9.50. The van der Waals surface area contributed by atoms with E-state index in [0.717, 1.165) is 17.7 Å². The Morgan fingerprint density at radius 2 is 2.06 bits per heavy atom. The number of aliphatic carboxylic acids is 1. The second-order valence-corrected chi connectivity index (χ2v) is 9.99. The van der Waals surface area contributed by atoms with Crippen molar-refractivity contribution in [1.82, 2.24) is 4.90 Å². The number of nitrogens with two attached hydrogens (primary N) is 1. The monoisotopic (exact) mass is 502 g/mol. The molecule has 5 rings (SSSR count). The lowest BCUT2D eigenvalue weighted by Gasteiger charge is -2.61. The summed E-state index contributed by atoms with van der Waals surface area (Å²) in [6.45, 7) is 2.04. The minimum absolute atomic E-state index is 0.145. The second-order valence-electron chi connectivity index (χ2n) is 9.99. The Morgan fingerprint density at radius 3 is 2.75 bits per heavy atom. The Bertz CT molecular complexity index is 1170. The molecule has 1 spiro atoms. The van der Waals surface area contributed by atoms with Crippen molar-refractivity contribution in [3.63, 3.8) is 0 Å². The van der Waals surface area contributed by atoms with Crippen LogP contribution in [0.5, 0.6) is 11.5 Å². The van der Waals surface area contributed by atoms with Crippen molar-refractivity contribution in [3.8, 4) is 11.5 Å². The number of methoxy groups -OCH3 is 1. The van der Waals surface area contributed by atoms with Crippen LogP contribution in [0, 0.1) is 0 Å². The van der Waals surface area contributed by atoms with Crippen molar-refractivity contribution in [3.05, 3.63) is 35.1 Å². The van der Waals surface area contributed by atoms with Gasteiger partial charge in [-0.25, -0.2) is 4.79 Å². The number of carbonyl (C=O) groups excluding carboxylic acids is 2. The minimum Gasteiger partial charge on any atom is -0.493 e. The first kappa shape index (κ1) is 24.5. The SMILES string of the molecule is COc1ccc2c3c1O[C@H]1C(OC(=O)[C@H](C)OC(=O)C(N)CC(=O)O)=CC[C@@]4(O)[C@@H](C2)N(C)CC[C@]314. The third-order valence-corrected chi connectivity index (χ3v) is 8.10. The van der Waals surface area contributed by atoms with Gasteiger partial charge >= 0.3 is 17.9 Å². The van der Waals surface area contributed by atoms with E-state index in [2.05, 4.69) is 4.90 Å². The van der Waals surface area contributed by atoms with E-state index in [1.807, 2.05) is 19.2 Å². The first-order chi connectivity index (χ1) is 17.0. The zero-order valence-corrected chi connectivity index (χ0v) is 20.4. The Balaban J connectivity index is 1.45. The summed E-state index contributed by atoms with van der Waals surface area (Å²) in [5.41, 5.74) is 5.52. The number of ether oxygens (including phenoxy) is 4. The van der Waals surface area contributed by atoms with Crippen molar-refractivity contribution in [2.45, 2.75) is 67.9 Å². The number of piperidine rings is 1. The molecule has 0 aromatic heterocycles. The highest BCUT2D eigenvalue weighted by molar-refractivity contribution is 5.85. The number of aliphatic hydroxyl groups is 1. The van der Waals surface area contributed by atoms with Crippen molar-refractivity contribution in [2.75, 3.05) is 20.7 Å². The summed E-state index contributed by atoms with van der Waals surface area (Å²) in [7, 11) is 3.55. The smallest absolute Gasteiger partial charge is 0.352 e. The topological polar surface area (TPSA) is 158 Å². The van der Waals surface area contributed by atoms with Gasteiger partial charge in [-0.15, -0.1) is 0 Å². The number of carbonyl (C=O) groups is 3. The zero-order valence-electron chi connectivity index (χ0n) is 20.4. The van der Waals surface area contributed by atoms with Crippen LogP contribution in [-0.4, -0.2) is 83.6 Å². The molecule has 36 heavy (non-hydrogen) atoms. The number of carboxylic acids is 1. The second kappa shape index (κ2) is 8.46. The van der Waals surface area contributed by atoms with Crippen LogP contribution in [-0.2, 0) is 35.7 Å². The van der Waals surface area contributed by atoms with Gasteiger partial charge in [0.2, 0.25) is 0 Å². The van der Waals surface area contributed by atoms with E-state index in [-0.39, 0.29) is 18.2 Å². The summed E-state index contributed by atoms with van der Waals surface area (Å²) in [6, 6.07) is 2.30. The fourth-order valence-electron chi connectivity index (χ4n) is 6.37. The molecule has 194 valence electrons. The molecule has 2 aliphatic heterocycles. The number of likely N-dealkylation sites (tertiary alicyclic amines) is 1. The third-order valence-electron chi connectivity index (χ3n) is 8.10. The number of benzene rings is 1. The molecule has 1 aromatic carbocycles. The highest BCUT2D eigenvalue weighted by Gasteiger charge is 2.72. The molecule has 4 aliphatic rings. The highest BCUT2D eigenvalue weighted by atomic mass is 16.6. The normalized spacial score (nSPS) is 31.3. The van der Waals surface area contributed by atoms with Gasteiger partial charge in [-0.2, -0.15) is 0 Å². The zero-order chi connectivity index (χ0) is 26.0. The summed E-state index contributed by atoms with van der Waals surface area (Å²) in [5, 5.41) is 21.0. The molecule has 4 N–H and O–H groups in total. The molecule has 11 heteroatoms. The average molecular weight is 503 g/mol. The third kappa shape index (κ3) is 3.33. The molecule has 1 unspecified atom stereocenters. The van der Waals surface area contributed by atoms with Crippen LogP contribution in [0.25, 0.3) is 0 Å². The molecular weight excluding hydrogens is 472 g/mol. The van der Waals surface area contributed by atoms with E-state index in [0.29, 0.717) is 24.3 Å². The predicted molar refractivity (Wildman–Crippen MR) is 123 cm³/mol. The fraction of sp³-hybridized carbons (Fsp3) is 0.560. The maximum atomic E-state index is 12.9. The molecule has 11 nitrogen and oxygen atoms in total. The minimum atomic E-state index is -1.41. The van der Waals surface area contributed by atoms with Gasteiger partial charge in [0.15, 0.2) is 23.7 Å². The average Bonchev–Trinajstić information content (AvgIpc) is 3.18. The van der Waals surface area contributed by atoms with Gasteiger partial charge in [-0.05, 0) is 51.1 Å². The number of rotatable bonds is 7. The van der Waals surface area contributed by atoms with Gasteiger partial charge in [0.05, 0.1) is 24.5 Å². The summed E-state index contributed by atoms with van der Waals surface area (Å²) < 4.78 is 22.7. The van der Waals surface area contributed by atoms with E-state index in [9.17, 15) is 19.5 Å². The summed E-state index contributed by atoms with van der Waals surface area (Å²) >= 11 is 0. The first-order valence-electron chi connectivity index (χ1n) is 11.9. The maximum Gasteiger partial charge on any atom is 0.352 e. The molecule has 0 radical (unpaired) electrons. The Morgan fingerprint density at radius 1 is 1.31 bits per heavy atom. The summed E-state index contributed by atoms with van der Waals surface area (Å²) in [4.78, 5) is 37.9. The van der Waals surface area contributed by atoms with Crippen molar-refractivity contribution in [2.24, 2.45) is 5.73 Å². The molecule has 0 amide bonds. The van der Waals surface area contributed by atoms with Gasteiger partial charge in [0, 0.05) is 18.0 Å². The number of likely N-dealkylation sites (N-methyl/N-ethyl adjacent to an activating group) is 1. The predicted octanol–water partition coefficient (Wildman–Crippen LogP) is 0.250.